The standard InChI is InChI=1S/C20H24N2O/c1-13-6-8-14(9-7-13)15-10-19-16(20(23)11-15)12-21-17-4-2-3-5-18(17)22-19/h6-9,12,15,17-18,22H,2-5,10-11H2,1H3/t15-,17+,18+/m0/s1. The molecule has 0 unspecified atom stereocenters. The van der Waals surface area contributed by atoms with E-state index >= 15 is 0 Å². The number of hydrogen-bond acceptors (Lipinski definition) is 3. The van der Waals surface area contributed by atoms with Crippen molar-refractivity contribution < 1.29 is 4.79 Å². The van der Waals surface area contributed by atoms with E-state index in [4.69, 9.17) is 4.99 Å². The highest BCUT2D eigenvalue weighted by atomic mass is 16.1. The number of hydrogen-bond donors (Lipinski definition) is 1. The third-order valence-corrected chi connectivity index (χ3v) is 5.54. The molecule has 1 aliphatic heterocycles. The van der Waals surface area contributed by atoms with Crippen LogP contribution in [0.2, 0.25) is 0 Å². The van der Waals surface area contributed by atoms with Gasteiger partial charge in [0, 0.05) is 24.4 Å². The molecule has 23 heavy (non-hydrogen) atoms. The van der Waals surface area contributed by atoms with Gasteiger partial charge in [0.25, 0.3) is 0 Å². The molecule has 1 saturated carbocycles. The van der Waals surface area contributed by atoms with E-state index in [2.05, 4.69) is 36.5 Å². The zero-order valence-electron chi connectivity index (χ0n) is 13.7. The van der Waals surface area contributed by atoms with Gasteiger partial charge in [-0.3, -0.25) is 9.79 Å². The Kier molecular flexibility index (Phi) is 3.80. The van der Waals surface area contributed by atoms with E-state index in [1.165, 1.54) is 30.4 Å². The molecule has 0 radical (unpaired) electrons. The molecule has 3 nitrogen and oxygen atoms in total. The number of Topliss-reactive ketones (excluding diaryl/α,β-unsaturated/α-hetero) is 1. The Hall–Kier alpha value is -1.90. The molecule has 0 spiro atoms. The first-order valence-corrected chi connectivity index (χ1v) is 8.83. The molecule has 0 bridgehead atoms. The normalized spacial score (nSPS) is 30.3. The van der Waals surface area contributed by atoms with Gasteiger partial charge in [0.1, 0.15) is 0 Å². The first-order chi connectivity index (χ1) is 11.2. The summed E-state index contributed by atoms with van der Waals surface area (Å²) < 4.78 is 0. The third kappa shape index (κ3) is 2.85. The molecule has 3 aliphatic rings. The van der Waals surface area contributed by atoms with Crippen molar-refractivity contribution in [2.24, 2.45) is 4.99 Å². The number of carbonyl (C=O) groups excluding carboxylic acids is 1. The van der Waals surface area contributed by atoms with Crippen LogP contribution in [0.5, 0.6) is 0 Å². The van der Waals surface area contributed by atoms with E-state index in [0.29, 0.717) is 24.4 Å². The second kappa shape index (κ2) is 5.95. The Morgan fingerprint density at radius 1 is 1.09 bits per heavy atom. The minimum Gasteiger partial charge on any atom is -0.383 e. The fourth-order valence-corrected chi connectivity index (χ4v) is 4.14. The van der Waals surface area contributed by atoms with Crippen LogP contribution in [0.15, 0.2) is 40.5 Å². The molecule has 3 atom stereocenters. The van der Waals surface area contributed by atoms with Gasteiger partial charge in [0.2, 0.25) is 0 Å². The van der Waals surface area contributed by atoms with Gasteiger partial charge in [-0.2, -0.15) is 0 Å². The van der Waals surface area contributed by atoms with E-state index in [0.717, 1.165) is 24.1 Å². The number of fused-ring (bicyclic) bond motifs is 1. The molecular weight excluding hydrogens is 284 g/mol. The molecule has 120 valence electrons. The number of nitrogens with one attached hydrogen (secondary N) is 1. The van der Waals surface area contributed by atoms with Crippen LogP contribution < -0.4 is 5.32 Å². The monoisotopic (exact) mass is 308 g/mol. The molecular formula is C20H24N2O. The predicted octanol–water partition coefficient (Wildman–Crippen LogP) is 3.68. The first kappa shape index (κ1) is 14.7. The zero-order chi connectivity index (χ0) is 15.8. The fourth-order valence-electron chi connectivity index (χ4n) is 4.14. The summed E-state index contributed by atoms with van der Waals surface area (Å²) in [6.07, 6.45) is 8.23. The van der Waals surface area contributed by atoms with E-state index in [-0.39, 0.29) is 5.78 Å². The van der Waals surface area contributed by atoms with Crippen molar-refractivity contribution >= 4 is 12.0 Å². The van der Waals surface area contributed by atoms with Crippen molar-refractivity contribution in [3.05, 3.63) is 46.7 Å². The molecule has 4 rings (SSSR count). The van der Waals surface area contributed by atoms with Crippen LogP contribution in [-0.4, -0.2) is 24.1 Å². The van der Waals surface area contributed by atoms with Gasteiger partial charge >= 0.3 is 0 Å². The maximum atomic E-state index is 12.6. The van der Waals surface area contributed by atoms with Crippen molar-refractivity contribution in [2.45, 2.75) is 63.5 Å². The molecule has 1 N–H and O–H groups in total. The zero-order valence-corrected chi connectivity index (χ0v) is 13.7. The molecule has 1 aromatic carbocycles. The number of aliphatic imine (C=N–C) groups is 1. The van der Waals surface area contributed by atoms with Crippen LogP contribution in [0.4, 0.5) is 0 Å². The number of rotatable bonds is 1. The topological polar surface area (TPSA) is 41.5 Å². The molecule has 3 heteroatoms. The summed E-state index contributed by atoms with van der Waals surface area (Å²) in [7, 11) is 0. The van der Waals surface area contributed by atoms with Gasteiger partial charge < -0.3 is 5.32 Å². The Morgan fingerprint density at radius 2 is 1.87 bits per heavy atom. The number of allylic oxidation sites excluding steroid dienone is 2. The summed E-state index contributed by atoms with van der Waals surface area (Å²) in [6, 6.07) is 9.39. The number of carbonyl (C=O) groups is 1. The summed E-state index contributed by atoms with van der Waals surface area (Å²) >= 11 is 0. The molecule has 0 saturated heterocycles. The first-order valence-electron chi connectivity index (χ1n) is 8.83. The van der Waals surface area contributed by atoms with Gasteiger partial charge in [-0.15, -0.1) is 0 Å². The summed E-state index contributed by atoms with van der Waals surface area (Å²) in [5.74, 6) is 0.537. The number of nitrogens with zero attached hydrogens (tertiary/aromatic N) is 1. The van der Waals surface area contributed by atoms with Crippen molar-refractivity contribution in [3.8, 4) is 0 Å². The highest BCUT2D eigenvalue weighted by Crippen LogP contribution is 2.35. The van der Waals surface area contributed by atoms with Gasteiger partial charge in [0.05, 0.1) is 11.6 Å². The quantitative estimate of drug-likeness (QED) is 0.860. The van der Waals surface area contributed by atoms with Crippen molar-refractivity contribution in [2.75, 3.05) is 0 Å². The summed E-state index contributed by atoms with van der Waals surface area (Å²) in [6.45, 7) is 2.10. The van der Waals surface area contributed by atoms with Crippen molar-refractivity contribution in [3.63, 3.8) is 0 Å². The minimum absolute atomic E-state index is 0.242. The minimum atomic E-state index is 0.242. The maximum Gasteiger partial charge on any atom is 0.166 e. The summed E-state index contributed by atoms with van der Waals surface area (Å²) in [5, 5.41) is 3.70. The largest absolute Gasteiger partial charge is 0.383 e. The second-order valence-electron chi connectivity index (χ2n) is 7.21. The Bertz CT molecular complexity index is 671. The SMILES string of the molecule is Cc1ccc([C@@H]2CC(=O)C3=C(C2)N[C@@H]2CCCC[C@H]2N=C3)cc1. The fraction of sp³-hybridized carbons (Fsp3) is 0.500. The van der Waals surface area contributed by atoms with Gasteiger partial charge in [0.15, 0.2) is 5.78 Å². The molecule has 1 heterocycles. The van der Waals surface area contributed by atoms with Crippen LogP contribution in [0.3, 0.4) is 0 Å². The number of benzene rings is 1. The molecule has 1 fully saturated rings. The number of ketones is 1. The molecule has 1 aromatic rings. The van der Waals surface area contributed by atoms with Crippen LogP contribution in [0.1, 0.15) is 55.6 Å². The second-order valence-corrected chi connectivity index (χ2v) is 7.21. The lowest BCUT2D eigenvalue weighted by atomic mass is 9.81. The highest BCUT2D eigenvalue weighted by molar-refractivity contribution is 6.15. The highest BCUT2D eigenvalue weighted by Gasteiger charge is 2.33. The van der Waals surface area contributed by atoms with E-state index in [9.17, 15) is 4.79 Å². The third-order valence-electron chi connectivity index (χ3n) is 5.54. The number of aryl methyl sites for hydroxylation is 1. The Morgan fingerprint density at radius 3 is 2.70 bits per heavy atom. The molecule has 2 aliphatic carbocycles. The Labute approximate surface area is 137 Å². The van der Waals surface area contributed by atoms with E-state index < -0.39 is 0 Å². The van der Waals surface area contributed by atoms with Crippen LogP contribution in [0, 0.1) is 6.92 Å². The molecule has 0 aromatic heterocycles. The lowest BCUT2D eigenvalue weighted by Gasteiger charge is -2.32. The lowest BCUT2D eigenvalue weighted by Crippen LogP contribution is -2.41. The van der Waals surface area contributed by atoms with E-state index in [1.54, 1.807) is 0 Å². The Balaban J connectivity index is 1.61. The lowest BCUT2D eigenvalue weighted by molar-refractivity contribution is -0.115. The smallest absolute Gasteiger partial charge is 0.166 e. The van der Waals surface area contributed by atoms with Crippen molar-refractivity contribution in [1.29, 1.82) is 0 Å². The van der Waals surface area contributed by atoms with Crippen LogP contribution >= 0.6 is 0 Å². The predicted molar refractivity (Wildman–Crippen MR) is 92.9 cm³/mol. The van der Waals surface area contributed by atoms with Gasteiger partial charge in [-0.25, -0.2) is 0 Å². The van der Waals surface area contributed by atoms with Crippen LogP contribution in [0.25, 0.3) is 0 Å². The van der Waals surface area contributed by atoms with Gasteiger partial charge in [-0.05, 0) is 37.7 Å². The molecule has 0 amide bonds. The average Bonchev–Trinajstić information content (AvgIpc) is 2.74. The van der Waals surface area contributed by atoms with Crippen molar-refractivity contribution in [1.82, 2.24) is 5.32 Å². The maximum absolute atomic E-state index is 12.6. The van der Waals surface area contributed by atoms with E-state index in [1.807, 2.05) is 6.21 Å². The average molecular weight is 308 g/mol. The summed E-state index contributed by atoms with van der Waals surface area (Å²) in [4.78, 5) is 17.4. The van der Waals surface area contributed by atoms with Crippen LogP contribution in [-0.2, 0) is 4.79 Å². The van der Waals surface area contributed by atoms with Gasteiger partial charge in [-0.1, -0.05) is 42.7 Å². The summed E-state index contributed by atoms with van der Waals surface area (Å²) in [5.41, 5.74) is 4.51.